The molecule has 0 N–H and O–H groups in total. The van der Waals surface area contributed by atoms with E-state index in [4.69, 9.17) is 13.9 Å². The Kier molecular flexibility index (Phi) is 4.56. The molecule has 0 radical (unpaired) electrons. The number of hydrogen-bond acceptors (Lipinski definition) is 6. The lowest BCUT2D eigenvalue weighted by Gasteiger charge is -2.42. The number of amides is 1. The van der Waals surface area contributed by atoms with Crippen LogP contribution in [0.25, 0.3) is 0 Å². The second kappa shape index (κ2) is 6.86. The third kappa shape index (κ3) is 3.53. The van der Waals surface area contributed by atoms with Gasteiger partial charge in [-0.05, 0) is 19.1 Å². The number of carbonyl (C=O) groups excluding carboxylic acids is 1. The predicted octanol–water partition coefficient (Wildman–Crippen LogP) is 0.956. The largest absolute Gasteiger partial charge is 0.465 e. The zero-order valence-electron chi connectivity index (χ0n) is 15.2. The minimum atomic E-state index is -0.554. The lowest BCUT2D eigenvalue weighted by atomic mass is 10.0. The van der Waals surface area contributed by atoms with Gasteiger partial charge in [0.15, 0.2) is 0 Å². The van der Waals surface area contributed by atoms with Crippen LogP contribution in [0, 0.1) is 6.92 Å². The summed E-state index contributed by atoms with van der Waals surface area (Å²) in [6.07, 6.45) is 3.55. The molecule has 1 spiro atoms. The maximum absolute atomic E-state index is 12.4. The summed E-state index contributed by atoms with van der Waals surface area (Å²) in [7, 11) is 1.84. The lowest BCUT2D eigenvalue weighted by Crippen LogP contribution is -2.60. The number of furan rings is 1. The van der Waals surface area contributed by atoms with Crippen molar-refractivity contribution >= 4 is 11.6 Å². The molecule has 2 saturated heterocycles. The van der Waals surface area contributed by atoms with Gasteiger partial charge in [0.05, 0.1) is 38.2 Å². The van der Waals surface area contributed by atoms with Gasteiger partial charge in [0.1, 0.15) is 23.7 Å². The van der Waals surface area contributed by atoms with E-state index in [0.29, 0.717) is 32.8 Å². The molecule has 2 aromatic rings. The molecule has 8 heteroatoms. The van der Waals surface area contributed by atoms with Gasteiger partial charge in [-0.2, -0.15) is 5.10 Å². The standard InChI is InChI=1S/C18H24N4O4/c1-14-3-4-16(26-14)9-21-5-6-24-13-18(11-21)12-22(17(23)10-25-18)15-7-19-20(2)8-15/h3-4,7-8H,5-6,9-13H2,1-2H3/t18-/m1/s1. The van der Waals surface area contributed by atoms with Crippen LogP contribution >= 0.6 is 0 Å². The van der Waals surface area contributed by atoms with E-state index in [0.717, 1.165) is 23.8 Å². The molecule has 2 aliphatic heterocycles. The molecule has 140 valence electrons. The van der Waals surface area contributed by atoms with E-state index in [1.807, 2.05) is 32.3 Å². The SMILES string of the molecule is Cc1ccc(CN2CCOC[C@@]3(C2)CN(c2cnn(C)c2)C(=O)CO3)o1. The number of anilines is 1. The Morgan fingerprint density at radius 2 is 2.19 bits per heavy atom. The third-order valence-electron chi connectivity index (χ3n) is 4.86. The van der Waals surface area contributed by atoms with Gasteiger partial charge in [-0.15, -0.1) is 0 Å². The first-order valence-electron chi connectivity index (χ1n) is 8.81. The third-order valence-corrected chi connectivity index (χ3v) is 4.86. The van der Waals surface area contributed by atoms with Crippen LogP contribution in [-0.4, -0.2) is 65.6 Å². The molecule has 26 heavy (non-hydrogen) atoms. The average Bonchev–Trinajstić information content (AvgIpc) is 3.16. The Hall–Kier alpha value is -2.16. The number of hydrogen-bond donors (Lipinski definition) is 0. The lowest BCUT2D eigenvalue weighted by molar-refractivity contribution is -0.146. The van der Waals surface area contributed by atoms with Crippen LogP contribution in [0.15, 0.2) is 28.9 Å². The van der Waals surface area contributed by atoms with Gasteiger partial charge in [0.25, 0.3) is 5.91 Å². The number of carbonyl (C=O) groups is 1. The van der Waals surface area contributed by atoms with Crippen molar-refractivity contribution in [3.63, 3.8) is 0 Å². The smallest absolute Gasteiger partial charge is 0.253 e. The van der Waals surface area contributed by atoms with E-state index in [9.17, 15) is 4.79 Å². The Bertz CT molecular complexity index is 786. The van der Waals surface area contributed by atoms with Crippen LogP contribution in [0.1, 0.15) is 11.5 Å². The number of nitrogens with zero attached hydrogens (tertiary/aromatic N) is 4. The first-order chi connectivity index (χ1) is 12.5. The van der Waals surface area contributed by atoms with Crippen LogP contribution < -0.4 is 4.90 Å². The molecule has 0 aromatic carbocycles. The Labute approximate surface area is 152 Å². The highest BCUT2D eigenvalue weighted by atomic mass is 16.6. The summed E-state index contributed by atoms with van der Waals surface area (Å²) in [5.74, 6) is 1.78. The first-order valence-corrected chi connectivity index (χ1v) is 8.81. The van der Waals surface area contributed by atoms with Crippen LogP contribution in [0.5, 0.6) is 0 Å². The molecule has 0 bridgehead atoms. The van der Waals surface area contributed by atoms with Crippen LogP contribution in [0.3, 0.4) is 0 Å². The van der Waals surface area contributed by atoms with Gasteiger partial charge < -0.3 is 18.8 Å². The number of aromatic nitrogens is 2. The maximum Gasteiger partial charge on any atom is 0.253 e. The van der Waals surface area contributed by atoms with E-state index in [-0.39, 0.29) is 12.5 Å². The molecule has 2 aromatic heterocycles. The topological polar surface area (TPSA) is 73.0 Å². The summed E-state index contributed by atoms with van der Waals surface area (Å²) in [6.45, 7) is 5.71. The summed E-state index contributed by atoms with van der Waals surface area (Å²) in [5.41, 5.74) is 0.236. The van der Waals surface area contributed by atoms with Crippen LogP contribution in [0.4, 0.5) is 5.69 Å². The molecule has 1 amide bonds. The monoisotopic (exact) mass is 360 g/mol. The zero-order valence-corrected chi connectivity index (χ0v) is 15.2. The molecule has 0 aliphatic carbocycles. The second-order valence-electron chi connectivity index (χ2n) is 7.10. The number of ether oxygens (including phenoxy) is 2. The van der Waals surface area contributed by atoms with Crippen LogP contribution in [0.2, 0.25) is 0 Å². The molecule has 0 saturated carbocycles. The van der Waals surface area contributed by atoms with E-state index in [1.165, 1.54) is 0 Å². The molecular weight excluding hydrogens is 336 g/mol. The van der Waals surface area contributed by atoms with Crippen molar-refractivity contribution < 1.29 is 18.7 Å². The van der Waals surface area contributed by atoms with E-state index in [2.05, 4.69) is 10.00 Å². The van der Waals surface area contributed by atoms with Crippen molar-refractivity contribution in [2.45, 2.75) is 19.1 Å². The fourth-order valence-electron chi connectivity index (χ4n) is 3.59. The molecule has 0 unspecified atom stereocenters. The molecule has 1 atom stereocenters. The molecule has 8 nitrogen and oxygen atoms in total. The number of rotatable bonds is 3. The Balaban J connectivity index is 1.52. The predicted molar refractivity (Wildman–Crippen MR) is 93.8 cm³/mol. The van der Waals surface area contributed by atoms with E-state index < -0.39 is 5.60 Å². The van der Waals surface area contributed by atoms with Crippen molar-refractivity contribution in [3.8, 4) is 0 Å². The van der Waals surface area contributed by atoms with Gasteiger partial charge in [0, 0.05) is 26.3 Å². The number of morpholine rings is 1. The normalized spacial score (nSPS) is 25.0. The summed E-state index contributed by atoms with van der Waals surface area (Å²) in [6, 6.07) is 3.97. The second-order valence-corrected chi connectivity index (χ2v) is 7.10. The highest BCUT2D eigenvalue weighted by molar-refractivity contribution is 5.94. The van der Waals surface area contributed by atoms with Crippen molar-refractivity contribution in [2.75, 3.05) is 44.4 Å². The molecule has 4 heterocycles. The molecular formula is C18H24N4O4. The van der Waals surface area contributed by atoms with Crippen molar-refractivity contribution in [1.82, 2.24) is 14.7 Å². The van der Waals surface area contributed by atoms with Crippen molar-refractivity contribution in [1.29, 1.82) is 0 Å². The molecule has 4 rings (SSSR count). The summed E-state index contributed by atoms with van der Waals surface area (Å²) < 4.78 is 19.3. The van der Waals surface area contributed by atoms with Gasteiger partial charge in [0.2, 0.25) is 0 Å². The minimum Gasteiger partial charge on any atom is -0.465 e. The van der Waals surface area contributed by atoms with Gasteiger partial charge in [-0.1, -0.05) is 0 Å². The van der Waals surface area contributed by atoms with Gasteiger partial charge in [-0.3, -0.25) is 14.4 Å². The fourth-order valence-corrected chi connectivity index (χ4v) is 3.59. The fraction of sp³-hybridized carbons (Fsp3) is 0.556. The highest BCUT2D eigenvalue weighted by Gasteiger charge is 2.43. The Morgan fingerprint density at radius 3 is 2.92 bits per heavy atom. The minimum absolute atomic E-state index is 0.0476. The average molecular weight is 360 g/mol. The van der Waals surface area contributed by atoms with E-state index >= 15 is 0 Å². The van der Waals surface area contributed by atoms with Gasteiger partial charge >= 0.3 is 0 Å². The summed E-state index contributed by atoms with van der Waals surface area (Å²) in [5, 5.41) is 4.18. The molecule has 2 aliphatic rings. The van der Waals surface area contributed by atoms with Crippen molar-refractivity contribution in [3.05, 3.63) is 36.0 Å². The van der Waals surface area contributed by atoms with Crippen LogP contribution in [-0.2, 0) is 27.9 Å². The quantitative estimate of drug-likeness (QED) is 0.812. The van der Waals surface area contributed by atoms with Gasteiger partial charge in [-0.25, -0.2) is 0 Å². The van der Waals surface area contributed by atoms with Crippen molar-refractivity contribution in [2.24, 2.45) is 7.05 Å². The summed E-state index contributed by atoms with van der Waals surface area (Å²) in [4.78, 5) is 16.4. The maximum atomic E-state index is 12.4. The molecule has 2 fully saturated rings. The van der Waals surface area contributed by atoms with E-state index in [1.54, 1.807) is 15.8 Å². The Morgan fingerprint density at radius 1 is 1.31 bits per heavy atom. The summed E-state index contributed by atoms with van der Waals surface area (Å²) >= 11 is 0. The zero-order chi connectivity index (χ0) is 18.1. The first kappa shape index (κ1) is 17.3. The highest BCUT2D eigenvalue weighted by Crippen LogP contribution is 2.27. The number of aryl methyl sites for hydroxylation is 2.